The fourth-order valence-electron chi connectivity index (χ4n) is 8.68. The van der Waals surface area contributed by atoms with Crippen LogP contribution in [0.25, 0.3) is 0 Å². The summed E-state index contributed by atoms with van der Waals surface area (Å²) in [6.07, 6.45) is 5.07. The van der Waals surface area contributed by atoms with Gasteiger partial charge in [-0.15, -0.1) is 0 Å². The van der Waals surface area contributed by atoms with Gasteiger partial charge in [-0.05, 0) is 94.8 Å². The number of hydrogen-bond donors (Lipinski definition) is 14. The molecule has 11 amide bonds. The fraction of sp³-hybridized carbons (Fsp3) is 0.780. The van der Waals surface area contributed by atoms with Gasteiger partial charge in [0.1, 0.15) is 36.3 Å². The van der Waals surface area contributed by atoms with Gasteiger partial charge < -0.3 is 76.1 Å². The largest absolute Gasteiger partial charge is 0.370 e. The van der Waals surface area contributed by atoms with Crippen LogP contribution in [0.2, 0.25) is 0 Å². The third-order valence-electron chi connectivity index (χ3n) is 12.7. The second kappa shape index (κ2) is 34.0. The highest BCUT2D eigenvalue weighted by Crippen LogP contribution is 2.33. The van der Waals surface area contributed by atoms with Gasteiger partial charge in [0.2, 0.25) is 53.2 Å². The number of carbonyl (C=O) groups excluding carboxylic acids is 10. The lowest BCUT2D eigenvalue weighted by Gasteiger charge is -2.27. The van der Waals surface area contributed by atoms with Gasteiger partial charge in [-0.3, -0.25) is 48.1 Å². The number of carbonyl (C=O) groups is 10. The summed E-state index contributed by atoms with van der Waals surface area (Å²) in [5, 5.41) is 27.5. The average Bonchev–Trinajstić information content (AvgIpc) is 3.88. The van der Waals surface area contributed by atoms with Crippen molar-refractivity contribution in [2.24, 2.45) is 51.6 Å². The van der Waals surface area contributed by atoms with Crippen LogP contribution in [0.4, 0.5) is 4.79 Å². The van der Waals surface area contributed by atoms with Crippen molar-refractivity contribution in [3.8, 4) is 0 Å². The van der Waals surface area contributed by atoms with Crippen molar-refractivity contribution in [2.75, 3.05) is 25.4 Å². The number of nitrogens with two attached hydrogens (primary N) is 4. The number of rotatable bonds is 36. The standard InChI is InChI=1S/C50H91N15O10S/c1-26(2)21-31(51)44(70)64-40(29(7)8)48(74)61-33(16-14-20-56-49(53)54)45(71)57-24-39(67)59-34(22-27(3)4)46(72)58-30(9)43(69)62-35(23-28(5)6)47(73)60-32(42(52)68)15-12-13-19-55-38(66)18-11-10-17-37-41-36(25-76-37)63-50(75)65-41/h26-37,40-41H,10-25,51H2,1-9H3,(H2,52,68)(H,55,66)(H,57,71)(H,58,72)(H,59,67)(H,60,73)(H,61,74)(H,62,69)(H,64,70)(H4,53,54,56)(H2,63,65,75)/t30-,31-,32-,33-,34-,35-,36+,37-,40-,41+/m0/s1. The van der Waals surface area contributed by atoms with E-state index in [1.165, 1.54) is 6.92 Å². The summed E-state index contributed by atoms with van der Waals surface area (Å²) < 4.78 is 0. The first-order valence-corrected chi connectivity index (χ1v) is 27.9. The van der Waals surface area contributed by atoms with Crippen molar-refractivity contribution in [1.82, 2.24) is 53.2 Å². The van der Waals surface area contributed by atoms with Gasteiger partial charge in [0.25, 0.3) is 0 Å². The zero-order chi connectivity index (χ0) is 57.2. The van der Waals surface area contributed by atoms with E-state index < -0.39 is 96.1 Å². The van der Waals surface area contributed by atoms with Gasteiger partial charge >= 0.3 is 6.03 Å². The van der Waals surface area contributed by atoms with Crippen LogP contribution in [0.3, 0.4) is 0 Å². The summed E-state index contributed by atoms with van der Waals surface area (Å²) >= 11 is 1.83. The van der Waals surface area contributed by atoms with Crippen molar-refractivity contribution < 1.29 is 47.9 Å². The number of unbranched alkanes of at least 4 members (excludes halogenated alkanes) is 2. The molecule has 2 aliphatic heterocycles. The fourth-order valence-corrected chi connectivity index (χ4v) is 10.2. The highest BCUT2D eigenvalue weighted by Gasteiger charge is 2.42. The third-order valence-corrected chi connectivity index (χ3v) is 14.3. The number of urea groups is 1. The molecule has 0 aromatic heterocycles. The van der Waals surface area contributed by atoms with Gasteiger partial charge in [0, 0.05) is 30.5 Å². The zero-order valence-electron chi connectivity index (χ0n) is 46.1. The summed E-state index contributed by atoms with van der Waals surface area (Å²) in [7, 11) is 0. The van der Waals surface area contributed by atoms with Crippen LogP contribution in [0, 0.1) is 23.7 Å². The van der Waals surface area contributed by atoms with E-state index in [1.54, 1.807) is 13.8 Å². The van der Waals surface area contributed by atoms with Crippen LogP contribution < -0.4 is 76.1 Å². The molecule has 0 aliphatic carbocycles. The number of nitrogens with zero attached hydrogens (tertiary/aromatic N) is 1. The minimum Gasteiger partial charge on any atom is -0.370 e. The van der Waals surface area contributed by atoms with Gasteiger partial charge in [0.05, 0.1) is 24.7 Å². The second-order valence-corrected chi connectivity index (χ2v) is 22.8. The van der Waals surface area contributed by atoms with E-state index in [9.17, 15) is 47.9 Å². The van der Waals surface area contributed by atoms with Crippen LogP contribution in [0.15, 0.2) is 4.99 Å². The smallest absolute Gasteiger partial charge is 0.315 e. The molecule has 2 rings (SSSR count). The Hall–Kier alpha value is -5.92. The quantitative estimate of drug-likeness (QED) is 0.0150. The number of amides is 11. The number of guanidine groups is 1. The molecule has 2 aliphatic rings. The number of aliphatic imine (C=N–C) groups is 1. The van der Waals surface area contributed by atoms with Gasteiger partial charge in [-0.25, -0.2) is 4.79 Å². The monoisotopic (exact) mass is 1090 g/mol. The topological polar surface area (TPSA) is 407 Å². The van der Waals surface area contributed by atoms with E-state index in [0.717, 1.165) is 25.0 Å². The zero-order valence-corrected chi connectivity index (χ0v) is 47.0. The van der Waals surface area contributed by atoms with Crippen LogP contribution >= 0.6 is 11.8 Å². The van der Waals surface area contributed by atoms with Crippen molar-refractivity contribution in [3.63, 3.8) is 0 Å². The first-order chi connectivity index (χ1) is 35.7. The van der Waals surface area contributed by atoms with E-state index in [2.05, 4.69) is 58.2 Å². The van der Waals surface area contributed by atoms with Crippen molar-refractivity contribution >= 4 is 76.9 Å². The van der Waals surface area contributed by atoms with Crippen LogP contribution in [0.5, 0.6) is 0 Å². The lowest BCUT2D eigenvalue weighted by Crippen LogP contribution is -2.58. The molecule has 0 bridgehead atoms. The maximum Gasteiger partial charge on any atom is 0.315 e. The number of hydrogen-bond acceptors (Lipinski definition) is 13. The summed E-state index contributed by atoms with van der Waals surface area (Å²) in [6.45, 7) is 15.9. The third kappa shape index (κ3) is 25.3. The number of primary amides is 1. The normalized spacial score (nSPS) is 18.6. The first kappa shape index (κ1) is 66.2. The molecule has 0 aromatic carbocycles. The lowest BCUT2D eigenvalue weighted by atomic mass is 10.00. The lowest BCUT2D eigenvalue weighted by molar-refractivity contribution is -0.135. The molecule has 76 heavy (non-hydrogen) atoms. The molecule has 2 heterocycles. The Balaban J connectivity index is 1.96. The Morgan fingerprint density at radius 2 is 1.20 bits per heavy atom. The van der Waals surface area contributed by atoms with Crippen LogP contribution in [-0.4, -0.2) is 150 Å². The Bertz CT molecular complexity index is 1990. The minimum absolute atomic E-state index is 0.0553. The van der Waals surface area contributed by atoms with Crippen molar-refractivity contribution in [1.29, 1.82) is 0 Å². The molecule has 432 valence electrons. The Morgan fingerprint density at radius 1 is 0.605 bits per heavy atom. The molecular formula is C50H91N15O10S. The van der Waals surface area contributed by atoms with E-state index >= 15 is 0 Å². The van der Waals surface area contributed by atoms with E-state index in [1.807, 2.05) is 53.3 Å². The summed E-state index contributed by atoms with van der Waals surface area (Å²) in [6, 6.07) is -7.41. The number of fused-ring (bicyclic) bond motifs is 1. The molecule has 2 fully saturated rings. The minimum atomic E-state index is -1.19. The molecule has 26 heteroatoms. The average molecular weight is 1090 g/mol. The predicted molar refractivity (Wildman–Crippen MR) is 291 cm³/mol. The van der Waals surface area contributed by atoms with Crippen molar-refractivity contribution in [3.05, 3.63) is 0 Å². The molecule has 18 N–H and O–H groups in total. The highest BCUT2D eigenvalue weighted by molar-refractivity contribution is 8.00. The van der Waals surface area contributed by atoms with Crippen LogP contribution in [0.1, 0.15) is 139 Å². The maximum atomic E-state index is 13.7. The number of nitrogens with one attached hydrogen (secondary N) is 10. The highest BCUT2D eigenvalue weighted by atomic mass is 32.2. The molecule has 2 saturated heterocycles. The van der Waals surface area contributed by atoms with Gasteiger partial charge in [-0.2, -0.15) is 11.8 Å². The summed E-state index contributed by atoms with van der Waals surface area (Å²) in [5.74, 6) is -5.28. The predicted octanol–water partition coefficient (Wildman–Crippen LogP) is -1.30. The second-order valence-electron chi connectivity index (χ2n) is 21.5. The first-order valence-electron chi connectivity index (χ1n) is 26.8. The van der Waals surface area contributed by atoms with Gasteiger partial charge in [-0.1, -0.05) is 61.8 Å². The SMILES string of the molecule is CC(C)C[C@H](NC(=O)CNC(=O)[C@H](CCCN=C(N)N)NC(=O)[C@@H](NC(=O)[C@@H](N)CC(C)C)C(C)C)C(=O)N[C@@H](C)C(=O)N[C@@H](CC(C)C)C(=O)N[C@@H](CCCCNC(=O)CCCC[C@@H]1SC[C@H]2NC(=O)N[C@@H]12)C(N)=O. The van der Waals surface area contributed by atoms with E-state index in [-0.39, 0.29) is 92.3 Å². The molecule has 25 nitrogen and oxygen atoms in total. The summed E-state index contributed by atoms with van der Waals surface area (Å²) in [4.78, 5) is 135. The Kier molecular flexibility index (Phi) is 29.6. The molecule has 0 aromatic rings. The van der Waals surface area contributed by atoms with Crippen molar-refractivity contribution in [2.45, 2.75) is 199 Å². The van der Waals surface area contributed by atoms with E-state index in [0.29, 0.717) is 37.5 Å². The molecular weight excluding hydrogens is 1000 g/mol. The molecule has 10 atom stereocenters. The van der Waals surface area contributed by atoms with Crippen LogP contribution in [-0.2, 0) is 43.2 Å². The molecule has 0 spiro atoms. The molecule has 0 unspecified atom stereocenters. The number of thioether (sulfide) groups is 1. The Labute approximate surface area is 452 Å². The van der Waals surface area contributed by atoms with E-state index in [4.69, 9.17) is 22.9 Å². The molecule has 0 radical (unpaired) electrons. The Morgan fingerprint density at radius 3 is 1.80 bits per heavy atom. The summed E-state index contributed by atoms with van der Waals surface area (Å²) in [5.41, 5.74) is 22.6. The van der Waals surface area contributed by atoms with Gasteiger partial charge in [0.15, 0.2) is 5.96 Å². The molecule has 0 saturated carbocycles. The maximum absolute atomic E-state index is 13.7.